The van der Waals surface area contributed by atoms with Gasteiger partial charge in [-0.25, -0.2) is 0 Å². The van der Waals surface area contributed by atoms with Crippen molar-refractivity contribution < 1.29 is 4.74 Å². The summed E-state index contributed by atoms with van der Waals surface area (Å²) in [5, 5.41) is -0.182. The Kier molecular flexibility index (Phi) is 4.83. The van der Waals surface area contributed by atoms with Gasteiger partial charge in [0, 0.05) is 19.8 Å². The minimum absolute atomic E-state index is 0.182. The number of ether oxygens (including phenoxy) is 1. The monoisotopic (exact) mass is 372 g/mol. The van der Waals surface area contributed by atoms with Crippen molar-refractivity contribution in [2.75, 3.05) is 7.11 Å². The van der Waals surface area contributed by atoms with Crippen LogP contribution in [0.5, 0.6) is 5.75 Å². The van der Waals surface area contributed by atoms with Crippen LogP contribution in [-0.2, 0) is 0 Å². The summed E-state index contributed by atoms with van der Waals surface area (Å²) in [5.74, 6) is 0.884. The average Bonchev–Trinajstić information content (AvgIpc) is 2.73. The highest BCUT2D eigenvalue weighted by Crippen LogP contribution is 2.44. The second kappa shape index (κ2) is 6.08. The standard InChI is InChI=1S/C16H18BrClOS/c1-8-7-13(20-11(8)4)15(18)14-10(3)12(17)6-9(2)16(14)19-5/h6-7,15H,1-5H3. The molecule has 1 atom stereocenters. The molecule has 0 spiro atoms. The minimum atomic E-state index is -0.182. The topological polar surface area (TPSA) is 9.23 Å². The van der Waals surface area contributed by atoms with Gasteiger partial charge >= 0.3 is 0 Å². The maximum Gasteiger partial charge on any atom is 0.127 e. The van der Waals surface area contributed by atoms with E-state index in [2.05, 4.69) is 48.8 Å². The van der Waals surface area contributed by atoms with E-state index in [1.165, 1.54) is 15.3 Å². The first kappa shape index (κ1) is 15.9. The molecule has 0 saturated heterocycles. The molecule has 4 heteroatoms. The average molecular weight is 374 g/mol. The second-order valence-electron chi connectivity index (χ2n) is 5.00. The predicted molar refractivity (Wildman–Crippen MR) is 91.7 cm³/mol. The number of methoxy groups -OCH3 is 1. The molecule has 0 radical (unpaired) electrons. The first-order valence-electron chi connectivity index (χ1n) is 6.41. The Hall–Kier alpha value is -0.510. The predicted octanol–water partition coefficient (Wildman–Crippen LogP) is 6.08. The quantitative estimate of drug-likeness (QED) is 0.592. The van der Waals surface area contributed by atoms with Crippen molar-refractivity contribution in [3.8, 4) is 5.75 Å². The molecule has 1 aromatic carbocycles. The van der Waals surface area contributed by atoms with E-state index in [1.807, 2.05) is 6.92 Å². The Balaban J connectivity index is 2.61. The molecule has 0 aliphatic heterocycles. The van der Waals surface area contributed by atoms with Crippen LogP contribution in [0.4, 0.5) is 0 Å². The van der Waals surface area contributed by atoms with Crippen LogP contribution in [0.3, 0.4) is 0 Å². The number of halogens is 2. The van der Waals surface area contributed by atoms with E-state index in [1.54, 1.807) is 18.4 Å². The molecule has 0 aliphatic rings. The Bertz CT molecular complexity index is 629. The van der Waals surface area contributed by atoms with Gasteiger partial charge in [0.05, 0.1) is 12.5 Å². The number of benzene rings is 1. The third-order valence-electron chi connectivity index (χ3n) is 3.60. The summed E-state index contributed by atoms with van der Waals surface area (Å²) >= 11 is 12.1. The highest BCUT2D eigenvalue weighted by Gasteiger charge is 2.23. The lowest BCUT2D eigenvalue weighted by Gasteiger charge is -2.19. The summed E-state index contributed by atoms with van der Waals surface area (Å²) < 4.78 is 6.66. The number of alkyl halides is 1. The molecule has 1 nitrogen and oxygen atoms in total. The number of thiophene rings is 1. The third kappa shape index (κ3) is 2.76. The largest absolute Gasteiger partial charge is 0.496 e. The van der Waals surface area contributed by atoms with Crippen molar-refractivity contribution in [2.45, 2.75) is 33.1 Å². The van der Waals surface area contributed by atoms with E-state index in [0.29, 0.717) is 0 Å². The molecule has 0 amide bonds. The van der Waals surface area contributed by atoms with Gasteiger partial charge in [0.25, 0.3) is 0 Å². The van der Waals surface area contributed by atoms with Crippen LogP contribution in [0.2, 0.25) is 0 Å². The third-order valence-corrected chi connectivity index (χ3v) is 6.22. The number of aryl methyl sites for hydroxylation is 3. The first-order valence-corrected chi connectivity index (χ1v) is 8.46. The van der Waals surface area contributed by atoms with E-state index in [9.17, 15) is 0 Å². The number of hydrogen-bond acceptors (Lipinski definition) is 2. The molecule has 2 rings (SSSR count). The molecular weight excluding hydrogens is 356 g/mol. The van der Waals surface area contributed by atoms with Crippen molar-refractivity contribution in [3.63, 3.8) is 0 Å². The molecule has 1 unspecified atom stereocenters. The van der Waals surface area contributed by atoms with E-state index in [-0.39, 0.29) is 5.38 Å². The van der Waals surface area contributed by atoms with Crippen molar-refractivity contribution >= 4 is 38.9 Å². The fourth-order valence-corrected chi connectivity index (χ4v) is 4.37. The fraction of sp³-hybridized carbons (Fsp3) is 0.375. The molecule has 1 aromatic heterocycles. The zero-order chi connectivity index (χ0) is 15.0. The normalized spacial score (nSPS) is 12.6. The van der Waals surface area contributed by atoms with Gasteiger partial charge in [0.15, 0.2) is 0 Å². The van der Waals surface area contributed by atoms with Gasteiger partial charge in [-0.15, -0.1) is 22.9 Å². The van der Waals surface area contributed by atoms with Crippen molar-refractivity contribution in [3.05, 3.63) is 48.6 Å². The maximum atomic E-state index is 6.76. The Morgan fingerprint density at radius 3 is 2.30 bits per heavy atom. The summed E-state index contributed by atoms with van der Waals surface area (Å²) in [5.41, 5.74) is 4.58. The summed E-state index contributed by atoms with van der Waals surface area (Å²) in [4.78, 5) is 2.48. The molecule has 0 fully saturated rings. The van der Waals surface area contributed by atoms with Crippen molar-refractivity contribution in [2.24, 2.45) is 0 Å². The fourth-order valence-electron chi connectivity index (χ4n) is 2.32. The minimum Gasteiger partial charge on any atom is -0.496 e. The molecule has 0 bridgehead atoms. The second-order valence-corrected chi connectivity index (χ2v) is 7.58. The molecular formula is C16H18BrClOS. The van der Waals surface area contributed by atoms with Crippen LogP contribution in [0.1, 0.15) is 37.4 Å². The Morgan fingerprint density at radius 2 is 1.80 bits per heavy atom. The smallest absolute Gasteiger partial charge is 0.127 e. The zero-order valence-electron chi connectivity index (χ0n) is 12.3. The first-order chi connectivity index (χ1) is 9.36. The van der Waals surface area contributed by atoms with Gasteiger partial charge < -0.3 is 4.74 Å². The van der Waals surface area contributed by atoms with Crippen LogP contribution in [0.15, 0.2) is 16.6 Å². The van der Waals surface area contributed by atoms with Crippen LogP contribution < -0.4 is 4.74 Å². The van der Waals surface area contributed by atoms with Gasteiger partial charge in [0.2, 0.25) is 0 Å². The van der Waals surface area contributed by atoms with E-state index in [4.69, 9.17) is 16.3 Å². The maximum absolute atomic E-state index is 6.76. The highest BCUT2D eigenvalue weighted by atomic mass is 79.9. The van der Waals surface area contributed by atoms with Crippen LogP contribution in [0, 0.1) is 27.7 Å². The number of rotatable bonds is 3. The van der Waals surface area contributed by atoms with E-state index in [0.717, 1.165) is 26.9 Å². The SMILES string of the molecule is COc1c(C)cc(Br)c(C)c1C(Cl)c1cc(C)c(C)s1. The summed E-state index contributed by atoms with van der Waals surface area (Å²) in [6.07, 6.45) is 0. The molecule has 108 valence electrons. The Morgan fingerprint density at radius 1 is 1.15 bits per heavy atom. The zero-order valence-corrected chi connectivity index (χ0v) is 15.5. The van der Waals surface area contributed by atoms with Crippen LogP contribution >= 0.6 is 38.9 Å². The van der Waals surface area contributed by atoms with Gasteiger partial charge in [-0.2, -0.15) is 0 Å². The summed E-state index contributed by atoms with van der Waals surface area (Å²) in [6, 6.07) is 4.25. The van der Waals surface area contributed by atoms with Gasteiger partial charge in [-0.1, -0.05) is 15.9 Å². The Labute approximate surface area is 138 Å². The lowest BCUT2D eigenvalue weighted by Crippen LogP contribution is -2.02. The molecule has 20 heavy (non-hydrogen) atoms. The molecule has 0 saturated carbocycles. The van der Waals surface area contributed by atoms with Crippen LogP contribution in [0.25, 0.3) is 0 Å². The van der Waals surface area contributed by atoms with Crippen molar-refractivity contribution in [1.82, 2.24) is 0 Å². The summed E-state index contributed by atoms with van der Waals surface area (Å²) in [6.45, 7) is 8.36. The highest BCUT2D eigenvalue weighted by molar-refractivity contribution is 9.10. The molecule has 2 aromatic rings. The van der Waals surface area contributed by atoms with Gasteiger partial charge in [0.1, 0.15) is 5.75 Å². The molecule has 1 heterocycles. The van der Waals surface area contributed by atoms with E-state index < -0.39 is 0 Å². The van der Waals surface area contributed by atoms with Gasteiger partial charge in [-0.05, 0) is 56.5 Å². The van der Waals surface area contributed by atoms with Crippen molar-refractivity contribution in [1.29, 1.82) is 0 Å². The van der Waals surface area contributed by atoms with Gasteiger partial charge in [-0.3, -0.25) is 0 Å². The van der Waals surface area contributed by atoms with E-state index >= 15 is 0 Å². The van der Waals surface area contributed by atoms with Crippen LogP contribution in [-0.4, -0.2) is 7.11 Å². The molecule has 0 aliphatic carbocycles. The summed E-state index contributed by atoms with van der Waals surface area (Å²) in [7, 11) is 1.70. The number of hydrogen-bond donors (Lipinski definition) is 0. The lowest BCUT2D eigenvalue weighted by molar-refractivity contribution is 0.406. The molecule has 0 N–H and O–H groups in total. The lowest BCUT2D eigenvalue weighted by atomic mass is 9.99.